The average Bonchev–Trinajstić information content (AvgIpc) is 3.24. The Morgan fingerprint density at radius 1 is 1.30 bits per heavy atom. The number of hydrogen-bond donors (Lipinski definition) is 3. The summed E-state index contributed by atoms with van der Waals surface area (Å²) < 4.78 is 0.927. The molecule has 138 valence electrons. The Kier molecular flexibility index (Phi) is 3.72. The first kappa shape index (κ1) is 16.8. The lowest BCUT2D eigenvalue weighted by atomic mass is 9.98. The smallest absolute Gasteiger partial charge is 0.330 e. The van der Waals surface area contributed by atoms with Crippen LogP contribution < -0.4 is 11.2 Å². The van der Waals surface area contributed by atoms with Gasteiger partial charge in [-0.3, -0.25) is 19.1 Å². The molecule has 0 aliphatic carbocycles. The Labute approximate surface area is 152 Å². The number of H-pyrrole nitrogens is 2. The molecule has 1 amide bonds. The van der Waals surface area contributed by atoms with Crippen molar-refractivity contribution >= 4 is 22.5 Å². The maximum atomic E-state index is 12.3. The van der Waals surface area contributed by atoms with Gasteiger partial charge in [-0.25, -0.2) is 9.80 Å². The van der Waals surface area contributed by atoms with Gasteiger partial charge in [-0.05, 0) is 6.07 Å². The number of para-hydroxylation sites is 1. The van der Waals surface area contributed by atoms with E-state index in [1.165, 1.54) is 19.0 Å². The van der Waals surface area contributed by atoms with Crippen LogP contribution in [-0.4, -0.2) is 36.3 Å². The molecule has 0 saturated heterocycles. The maximum Gasteiger partial charge on any atom is 0.330 e. The molecule has 1 aliphatic heterocycles. The van der Waals surface area contributed by atoms with Gasteiger partial charge in [0.15, 0.2) is 0 Å². The second-order valence-corrected chi connectivity index (χ2v) is 6.44. The van der Waals surface area contributed by atoms with E-state index in [1.807, 2.05) is 30.5 Å². The van der Waals surface area contributed by atoms with Crippen LogP contribution in [0.1, 0.15) is 30.5 Å². The minimum absolute atomic E-state index is 0.106. The molecule has 4 rings (SSSR count). The summed E-state index contributed by atoms with van der Waals surface area (Å²) in [6, 6.07) is 7.25. The van der Waals surface area contributed by atoms with Gasteiger partial charge in [0.1, 0.15) is 5.56 Å². The standard InChI is InChI=1S/C18H17N5O4/c1-9(24)23-14(11-8-19-12-6-4-3-5-10(11)12)7-13(21-23)15-16(25)20-18(27)22(2)17(15)26/h3-6,8,14,19,26H,7H2,1-2H3,(H,20,25,27)/t14-/m1/s1. The summed E-state index contributed by atoms with van der Waals surface area (Å²) in [7, 11) is 1.34. The van der Waals surface area contributed by atoms with Crippen LogP contribution in [0.25, 0.3) is 10.9 Å². The molecule has 0 fully saturated rings. The molecule has 3 heterocycles. The molecule has 0 unspecified atom stereocenters. The summed E-state index contributed by atoms with van der Waals surface area (Å²) in [6.45, 7) is 1.39. The van der Waals surface area contributed by atoms with E-state index in [9.17, 15) is 19.5 Å². The van der Waals surface area contributed by atoms with Gasteiger partial charge < -0.3 is 10.1 Å². The maximum absolute atomic E-state index is 12.3. The van der Waals surface area contributed by atoms with Gasteiger partial charge in [0.05, 0.1) is 11.8 Å². The van der Waals surface area contributed by atoms with Gasteiger partial charge in [-0.2, -0.15) is 5.10 Å². The molecular formula is C18H17N5O4. The van der Waals surface area contributed by atoms with Gasteiger partial charge >= 0.3 is 5.69 Å². The van der Waals surface area contributed by atoms with E-state index in [-0.39, 0.29) is 23.6 Å². The number of carbonyl (C=O) groups excluding carboxylic acids is 1. The van der Waals surface area contributed by atoms with Gasteiger partial charge in [-0.1, -0.05) is 18.2 Å². The van der Waals surface area contributed by atoms with Crippen LogP contribution in [0.15, 0.2) is 45.2 Å². The molecule has 9 nitrogen and oxygen atoms in total. The van der Waals surface area contributed by atoms with Crippen molar-refractivity contribution in [3.8, 4) is 5.88 Å². The third-order valence-electron chi connectivity index (χ3n) is 4.80. The van der Waals surface area contributed by atoms with E-state index in [0.717, 1.165) is 21.0 Å². The van der Waals surface area contributed by atoms with Crippen molar-refractivity contribution in [2.24, 2.45) is 12.1 Å². The Morgan fingerprint density at radius 3 is 2.78 bits per heavy atom. The van der Waals surface area contributed by atoms with Crippen LogP contribution in [0.2, 0.25) is 0 Å². The first-order valence-corrected chi connectivity index (χ1v) is 8.34. The van der Waals surface area contributed by atoms with Gasteiger partial charge in [0, 0.05) is 43.1 Å². The predicted octanol–water partition coefficient (Wildman–Crippen LogP) is 0.958. The number of carbonyl (C=O) groups is 1. The summed E-state index contributed by atoms with van der Waals surface area (Å²) in [5.74, 6) is -0.772. The summed E-state index contributed by atoms with van der Waals surface area (Å²) in [5, 5.41) is 16.8. The first-order chi connectivity index (χ1) is 12.9. The fourth-order valence-corrected chi connectivity index (χ4v) is 3.43. The molecule has 0 bridgehead atoms. The average molecular weight is 367 g/mol. The van der Waals surface area contributed by atoms with Gasteiger partial charge in [-0.15, -0.1) is 0 Å². The summed E-state index contributed by atoms with van der Waals surface area (Å²) >= 11 is 0. The Hall–Kier alpha value is -3.62. The van der Waals surface area contributed by atoms with Crippen molar-refractivity contribution in [1.82, 2.24) is 19.5 Å². The molecule has 0 spiro atoms. The largest absolute Gasteiger partial charge is 0.494 e. The van der Waals surface area contributed by atoms with E-state index in [2.05, 4.69) is 15.1 Å². The highest BCUT2D eigenvalue weighted by molar-refractivity contribution is 6.04. The van der Waals surface area contributed by atoms with E-state index in [1.54, 1.807) is 0 Å². The number of aromatic hydroxyl groups is 1. The molecular weight excluding hydrogens is 350 g/mol. The SMILES string of the molecule is CC(=O)N1N=C(c2c(O)n(C)c(=O)[nH]c2=O)C[C@@H]1c1c[nH]c2ccccc12. The van der Waals surface area contributed by atoms with Crippen molar-refractivity contribution in [1.29, 1.82) is 0 Å². The number of nitrogens with one attached hydrogen (secondary N) is 2. The van der Waals surface area contributed by atoms with Crippen molar-refractivity contribution in [3.05, 3.63) is 62.4 Å². The van der Waals surface area contributed by atoms with Crippen LogP contribution in [0, 0.1) is 0 Å². The number of aromatic nitrogens is 3. The number of aromatic amines is 2. The van der Waals surface area contributed by atoms with E-state index < -0.39 is 23.2 Å². The molecule has 0 radical (unpaired) electrons. The monoisotopic (exact) mass is 367 g/mol. The van der Waals surface area contributed by atoms with Gasteiger partial charge in [0.2, 0.25) is 11.8 Å². The number of hydrogen-bond acceptors (Lipinski definition) is 5. The lowest BCUT2D eigenvalue weighted by molar-refractivity contribution is -0.130. The number of benzene rings is 1. The molecule has 27 heavy (non-hydrogen) atoms. The lowest BCUT2D eigenvalue weighted by Gasteiger charge is -2.19. The zero-order chi connectivity index (χ0) is 19.3. The normalized spacial score (nSPS) is 16.7. The van der Waals surface area contributed by atoms with Crippen molar-refractivity contribution < 1.29 is 9.90 Å². The fraction of sp³-hybridized carbons (Fsp3) is 0.222. The molecule has 3 N–H and O–H groups in total. The van der Waals surface area contributed by atoms with Crippen molar-refractivity contribution in [3.63, 3.8) is 0 Å². The first-order valence-electron chi connectivity index (χ1n) is 8.34. The minimum Gasteiger partial charge on any atom is -0.494 e. The number of fused-ring (bicyclic) bond motifs is 1. The lowest BCUT2D eigenvalue weighted by Crippen LogP contribution is -2.32. The number of nitrogens with zero attached hydrogens (tertiary/aromatic N) is 3. The number of amides is 1. The Morgan fingerprint density at radius 2 is 2.04 bits per heavy atom. The molecule has 0 saturated carbocycles. The summed E-state index contributed by atoms with van der Waals surface area (Å²) in [5.41, 5.74) is 0.460. The fourth-order valence-electron chi connectivity index (χ4n) is 3.43. The Balaban J connectivity index is 1.84. The second-order valence-electron chi connectivity index (χ2n) is 6.44. The highest BCUT2D eigenvalue weighted by Crippen LogP contribution is 2.36. The summed E-state index contributed by atoms with van der Waals surface area (Å²) in [6.07, 6.45) is 2.05. The molecule has 1 atom stereocenters. The topological polar surface area (TPSA) is 124 Å². The predicted molar refractivity (Wildman–Crippen MR) is 98.7 cm³/mol. The number of rotatable bonds is 2. The third-order valence-corrected chi connectivity index (χ3v) is 4.80. The Bertz CT molecular complexity index is 1220. The molecule has 9 heteroatoms. The third kappa shape index (κ3) is 2.55. The van der Waals surface area contributed by atoms with E-state index in [0.29, 0.717) is 0 Å². The highest BCUT2D eigenvalue weighted by Gasteiger charge is 2.35. The quantitative estimate of drug-likeness (QED) is 0.624. The van der Waals surface area contributed by atoms with Crippen LogP contribution in [0.3, 0.4) is 0 Å². The van der Waals surface area contributed by atoms with Gasteiger partial charge in [0.25, 0.3) is 5.56 Å². The highest BCUT2D eigenvalue weighted by atomic mass is 16.3. The molecule has 1 aromatic carbocycles. The van der Waals surface area contributed by atoms with Crippen molar-refractivity contribution in [2.75, 3.05) is 0 Å². The van der Waals surface area contributed by atoms with E-state index >= 15 is 0 Å². The zero-order valence-electron chi connectivity index (χ0n) is 14.7. The molecule has 1 aliphatic rings. The van der Waals surface area contributed by atoms with Crippen LogP contribution in [0.5, 0.6) is 5.88 Å². The number of hydrazone groups is 1. The van der Waals surface area contributed by atoms with Crippen LogP contribution >= 0.6 is 0 Å². The van der Waals surface area contributed by atoms with Crippen LogP contribution in [0.4, 0.5) is 0 Å². The molecule has 2 aromatic heterocycles. The minimum atomic E-state index is -0.738. The molecule has 3 aromatic rings. The summed E-state index contributed by atoms with van der Waals surface area (Å²) in [4.78, 5) is 41.4. The van der Waals surface area contributed by atoms with Crippen molar-refractivity contribution in [2.45, 2.75) is 19.4 Å². The van der Waals surface area contributed by atoms with Crippen LogP contribution in [-0.2, 0) is 11.8 Å². The zero-order valence-corrected chi connectivity index (χ0v) is 14.7. The second kappa shape index (κ2) is 5.97. The van der Waals surface area contributed by atoms with E-state index in [4.69, 9.17) is 0 Å².